The van der Waals surface area contributed by atoms with Crippen molar-refractivity contribution in [3.63, 3.8) is 0 Å². The van der Waals surface area contributed by atoms with Crippen molar-refractivity contribution in [3.05, 3.63) is 33.5 Å². The third-order valence-electron chi connectivity index (χ3n) is 1.86. The largest absolute Gasteiger partial charge is 0.237 e. The summed E-state index contributed by atoms with van der Waals surface area (Å²) in [6.07, 6.45) is 0. The molecule has 5 heteroatoms. The Hall–Kier alpha value is -0.390. The van der Waals surface area contributed by atoms with E-state index in [0.29, 0.717) is 5.75 Å². The summed E-state index contributed by atoms with van der Waals surface area (Å²) in [6.45, 7) is 1.97. The van der Waals surface area contributed by atoms with Crippen LogP contribution in [-0.4, -0.2) is 9.97 Å². The zero-order valence-electron chi connectivity index (χ0n) is 8.07. The molecular weight excluding hydrogens is 292 g/mol. The Morgan fingerprint density at radius 2 is 2.20 bits per heavy atom. The normalized spacial score (nSPS) is 10.6. The van der Waals surface area contributed by atoms with E-state index in [2.05, 4.69) is 44.6 Å². The first-order chi connectivity index (χ1) is 7.19. The quantitative estimate of drug-likeness (QED) is 0.856. The summed E-state index contributed by atoms with van der Waals surface area (Å²) in [5.74, 6) is 1.35. The van der Waals surface area contributed by atoms with Gasteiger partial charge < -0.3 is 0 Å². The van der Waals surface area contributed by atoms with Crippen molar-refractivity contribution in [3.8, 4) is 10.6 Å². The van der Waals surface area contributed by atoms with Gasteiger partial charge in [-0.1, -0.05) is 0 Å². The van der Waals surface area contributed by atoms with Crippen molar-refractivity contribution in [2.45, 2.75) is 12.7 Å². The highest BCUT2D eigenvalue weighted by Gasteiger charge is 2.05. The van der Waals surface area contributed by atoms with E-state index in [1.165, 1.54) is 0 Å². The molecule has 0 fully saturated rings. The lowest BCUT2D eigenvalue weighted by molar-refractivity contribution is 1.00. The Balaban J connectivity index is 2.48. The Morgan fingerprint density at radius 1 is 1.40 bits per heavy atom. The highest BCUT2D eigenvalue weighted by molar-refractivity contribution is 9.10. The van der Waals surface area contributed by atoms with Crippen molar-refractivity contribution in [2.24, 2.45) is 0 Å². The van der Waals surface area contributed by atoms with Gasteiger partial charge in [-0.05, 0) is 35.0 Å². The lowest BCUT2D eigenvalue weighted by atomic mass is 10.3. The van der Waals surface area contributed by atoms with Gasteiger partial charge in [-0.2, -0.15) is 12.6 Å². The molecule has 2 aromatic rings. The molecule has 0 aromatic carbocycles. The second-order valence-corrected chi connectivity index (χ2v) is 5.24. The molecule has 0 radical (unpaired) electrons. The zero-order valence-corrected chi connectivity index (χ0v) is 11.4. The molecule has 2 heterocycles. The molecule has 0 aliphatic heterocycles. The number of aromatic nitrogens is 2. The maximum absolute atomic E-state index is 4.44. The summed E-state index contributed by atoms with van der Waals surface area (Å²) in [7, 11) is 0. The van der Waals surface area contributed by atoms with Crippen molar-refractivity contribution in [1.82, 2.24) is 9.97 Å². The summed E-state index contributed by atoms with van der Waals surface area (Å²) in [5, 5.41) is 2.05. The van der Waals surface area contributed by atoms with Crippen molar-refractivity contribution in [1.29, 1.82) is 0 Å². The molecule has 0 bridgehead atoms. The number of hydrogen-bond acceptors (Lipinski definition) is 4. The van der Waals surface area contributed by atoms with Gasteiger partial charge in [0, 0.05) is 15.5 Å². The van der Waals surface area contributed by atoms with Gasteiger partial charge in [0.1, 0.15) is 5.82 Å². The van der Waals surface area contributed by atoms with Crippen molar-refractivity contribution in [2.75, 3.05) is 0 Å². The Labute approximate surface area is 106 Å². The van der Waals surface area contributed by atoms with E-state index in [4.69, 9.17) is 0 Å². The van der Waals surface area contributed by atoms with Crippen LogP contribution >= 0.6 is 39.9 Å². The van der Waals surface area contributed by atoms with E-state index in [-0.39, 0.29) is 0 Å². The number of hydrogen-bond donors (Lipinski definition) is 1. The second kappa shape index (κ2) is 4.63. The lowest BCUT2D eigenvalue weighted by Gasteiger charge is -2.01. The predicted molar refractivity (Wildman–Crippen MR) is 70.5 cm³/mol. The topological polar surface area (TPSA) is 25.8 Å². The Bertz CT molecular complexity index is 482. The van der Waals surface area contributed by atoms with Gasteiger partial charge in [0.2, 0.25) is 0 Å². The van der Waals surface area contributed by atoms with Crippen LogP contribution < -0.4 is 0 Å². The minimum Gasteiger partial charge on any atom is -0.237 e. The molecule has 78 valence electrons. The summed E-state index contributed by atoms with van der Waals surface area (Å²) in [5.41, 5.74) is 1.95. The third-order valence-corrected chi connectivity index (χ3v) is 3.86. The summed E-state index contributed by atoms with van der Waals surface area (Å²) in [4.78, 5) is 9.88. The minimum atomic E-state index is 0.571. The van der Waals surface area contributed by atoms with E-state index in [1.807, 2.05) is 18.4 Å². The number of thiol groups is 1. The summed E-state index contributed by atoms with van der Waals surface area (Å²) < 4.78 is 1.09. The number of thiophene rings is 1. The summed E-state index contributed by atoms with van der Waals surface area (Å²) >= 11 is 9.30. The lowest BCUT2D eigenvalue weighted by Crippen LogP contribution is -1.95. The molecule has 0 unspecified atom stereocenters. The fraction of sp³-hybridized carbons (Fsp3) is 0.200. The van der Waals surface area contributed by atoms with E-state index < -0.39 is 0 Å². The van der Waals surface area contributed by atoms with E-state index in [0.717, 1.165) is 26.6 Å². The molecule has 0 saturated carbocycles. The smallest absolute Gasteiger partial charge is 0.138 e. The zero-order chi connectivity index (χ0) is 10.8. The van der Waals surface area contributed by atoms with Gasteiger partial charge in [0.15, 0.2) is 0 Å². The van der Waals surface area contributed by atoms with Crippen LogP contribution in [0.5, 0.6) is 0 Å². The molecule has 0 aliphatic rings. The molecule has 0 aliphatic carbocycles. The average molecular weight is 301 g/mol. The fourth-order valence-electron chi connectivity index (χ4n) is 1.27. The number of aryl methyl sites for hydroxylation is 1. The SMILES string of the molecule is Cc1cc(-c2cc(Br)cs2)nc(CS)n1. The van der Waals surface area contributed by atoms with Gasteiger partial charge in [0.05, 0.1) is 16.3 Å². The first-order valence-electron chi connectivity index (χ1n) is 4.39. The number of rotatable bonds is 2. The standard InChI is InChI=1S/C10H9BrN2S2/c1-6-2-8(13-10(4-14)12-6)9-3-7(11)5-15-9/h2-3,5,14H,4H2,1H3. The van der Waals surface area contributed by atoms with Crippen LogP contribution in [0.3, 0.4) is 0 Å². The molecule has 0 amide bonds. The summed E-state index contributed by atoms with van der Waals surface area (Å²) in [6, 6.07) is 4.06. The van der Waals surface area contributed by atoms with Crippen LogP contribution in [0.25, 0.3) is 10.6 Å². The number of halogens is 1. The molecule has 2 aromatic heterocycles. The third kappa shape index (κ3) is 2.59. The fourth-order valence-corrected chi connectivity index (χ4v) is 2.80. The first kappa shape index (κ1) is 11.1. The van der Waals surface area contributed by atoms with Crippen LogP contribution in [0.15, 0.2) is 22.0 Å². The van der Waals surface area contributed by atoms with Crippen LogP contribution in [0.1, 0.15) is 11.5 Å². The van der Waals surface area contributed by atoms with Crippen molar-refractivity contribution >= 4 is 39.9 Å². The predicted octanol–water partition coefficient (Wildman–Crippen LogP) is 3.71. The van der Waals surface area contributed by atoms with E-state index in [9.17, 15) is 0 Å². The maximum atomic E-state index is 4.44. The van der Waals surface area contributed by atoms with Gasteiger partial charge in [-0.15, -0.1) is 11.3 Å². The van der Waals surface area contributed by atoms with E-state index >= 15 is 0 Å². The molecule has 0 saturated heterocycles. The molecular formula is C10H9BrN2S2. The van der Waals surface area contributed by atoms with Gasteiger partial charge >= 0.3 is 0 Å². The van der Waals surface area contributed by atoms with Gasteiger partial charge in [0.25, 0.3) is 0 Å². The first-order valence-corrected chi connectivity index (χ1v) is 6.69. The molecule has 0 atom stereocenters. The van der Waals surface area contributed by atoms with Crippen LogP contribution in [0, 0.1) is 6.92 Å². The Morgan fingerprint density at radius 3 is 2.80 bits per heavy atom. The number of nitrogens with zero attached hydrogens (tertiary/aromatic N) is 2. The Kier molecular flexibility index (Phi) is 3.43. The average Bonchev–Trinajstić information content (AvgIpc) is 2.64. The van der Waals surface area contributed by atoms with E-state index in [1.54, 1.807) is 11.3 Å². The van der Waals surface area contributed by atoms with Gasteiger partial charge in [-0.3, -0.25) is 0 Å². The second-order valence-electron chi connectivity index (χ2n) is 3.10. The molecule has 2 rings (SSSR count). The molecule has 15 heavy (non-hydrogen) atoms. The monoisotopic (exact) mass is 300 g/mol. The molecule has 0 N–H and O–H groups in total. The van der Waals surface area contributed by atoms with Crippen molar-refractivity contribution < 1.29 is 0 Å². The highest BCUT2D eigenvalue weighted by atomic mass is 79.9. The van der Waals surface area contributed by atoms with Crippen LogP contribution in [0.2, 0.25) is 0 Å². The minimum absolute atomic E-state index is 0.571. The highest BCUT2D eigenvalue weighted by Crippen LogP contribution is 2.28. The van der Waals surface area contributed by atoms with Crippen LogP contribution in [0.4, 0.5) is 0 Å². The van der Waals surface area contributed by atoms with Gasteiger partial charge in [-0.25, -0.2) is 9.97 Å². The molecule has 0 spiro atoms. The van der Waals surface area contributed by atoms with Crippen LogP contribution in [-0.2, 0) is 5.75 Å². The molecule has 2 nitrogen and oxygen atoms in total. The maximum Gasteiger partial charge on any atom is 0.138 e.